The predicted molar refractivity (Wildman–Crippen MR) is 57.3 cm³/mol. The molecule has 0 radical (unpaired) electrons. The van der Waals surface area contributed by atoms with Crippen molar-refractivity contribution in [2.75, 3.05) is 6.54 Å². The van der Waals surface area contributed by atoms with Crippen molar-refractivity contribution < 1.29 is 9.59 Å². The topological polar surface area (TPSA) is 37.4 Å². The Kier molecular flexibility index (Phi) is 2.36. The molecule has 0 N–H and O–H groups in total. The Morgan fingerprint density at radius 1 is 1.27 bits per heavy atom. The maximum absolute atomic E-state index is 12.1. The lowest BCUT2D eigenvalue weighted by molar-refractivity contribution is -0.138. The Morgan fingerprint density at radius 2 is 1.87 bits per heavy atom. The number of carbonyl (C=O) groups excluding carboxylic acids is 2. The van der Waals surface area contributed by atoms with Gasteiger partial charge in [0.2, 0.25) is 5.91 Å². The highest BCUT2D eigenvalue weighted by Crippen LogP contribution is 2.57. The third-order valence-corrected chi connectivity index (χ3v) is 3.88. The molecular weight excluding hydrogens is 190 g/mol. The number of amides is 1. The highest BCUT2D eigenvalue weighted by atomic mass is 16.2. The average molecular weight is 209 g/mol. The summed E-state index contributed by atoms with van der Waals surface area (Å²) in [6.07, 6.45) is 3.27. The third-order valence-electron chi connectivity index (χ3n) is 3.88. The Hall–Kier alpha value is -0.860. The van der Waals surface area contributed by atoms with Crippen LogP contribution in [-0.4, -0.2) is 29.2 Å². The predicted octanol–water partition coefficient (Wildman–Crippen LogP) is 1.61. The summed E-state index contributed by atoms with van der Waals surface area (Å²) in [5.41, 5.74) is 0.174. The number of carbonyl (C=O) groups is 2. The van der Waals surface area contributed by atoms with Gasteiger partial charge in [0.1, 0.15) is 0 Å². The lowest BCUT2D eigenvalue weighted by Gasteiger charge is -2.27. The van der Waals surface area contributed by atoms with Crippen molar-refractivity contribution in [1.82, 2.24) is 4.90 Å². The third kappa shape index (κ3) is 1.58. The van der Waals surface area contributed by atoms with Crippen LogP contribution in [0, 0.1) is 11.3 Å². The van der Waals surface area contributed by atoms with E-state index < -0.39 is 0 Å². The smallest absolute Gasteiger partial charge is 0.220 e. The molecule has 84 valence electrons. The molecule has 0 bridgehead atoms. The Labute approximate surface area is 90.8 Å². The van der Waals surface area contributed by atoms with Crippen molar-refractivity contribution in [3.05, 3.63) is 0 Å². The second kappa shape index (κ2) is 3.32. The normalized spacial score (nSPS) is 27.5. The molecule has 1 saturated carbocycles. The first-order valence-corrected chi connectivity index (χ1v) is 5.79. The number of ketones is 1. The van der Waals surface area contributed by atoms with E-state index in [1.165, 1.54) is 0 Å². The van der Waals surface area contributed by atoms with Crippen molar-refractivity contribution in [3.63, 3.8) is 0 Å². The minimum Gasteiger partial charge on any atom is -0.332 e. The summed E-state index contributed by atoms with van der Waals surface area (Å²) >= 11 is 0. The van der Waals surface area contributed by atoms with Crippen LogP contribution in [-0.2, 0) is 9.59 Å². The van der Waals surface area contributed by atoms with E-state index in [9.17, 15) is 9.59 Å². The van der Waals surface area contributed by atoms with Crippen molar-refractivity contribution in [1.29, 1.82) is 0 Å². The maximum Gasteiger partial charge on any atom is 0.220 e. The van der Waals surface area contributed by atoms with E-state index in [1.54, 1.807) is 11.8 Å². The monoisotopic (exact) mass is 209 g/mol. The molecule has 2 rings (SSSR count). The van der Waals surface area contributed by atoms with Crippen LogP contribution in [0.2, 0.25) is 0 Å². The fourth-order valence-electron chi connectivity index (χ4n) is 2.73. The zero-order valence-electron chi connectivity index (χ0n) is 9.75. The van der Waals surface area contributed by atoms with E-state index in [0.717, 1.165) is 25.8 Å². The molecule has 0 aromatic carbocycles. The molecule has 1 aliphatic heterocycles. The Morgan fingerprint density at radius 3 is 2.27 bits per heavy atom. The van der Waals surface area contributed by atoms with Crippen molar-refractivity contribution in [2.45, 2.75) is 46.1 Å². The SMILES string of the molecule is CC(=O)N1CCC2(CC2)[C@H]1C(=O)C(C)C. The molecule has 2 aliphatic rings. The van der Waals surface area contributed by atoms with Crippen molar-refractivity contribution >= 4 is 11.7 Å². The molecule has 1 amide bonds. The number of hydrogen-bond acceptors (Lipinski definition) is 2. The van der Waals surface area contributed by atoms with Gasteiger partial charge in [-0.15, -0.1) is 0 Å². The van der Waals surface area contributed by atoms with E-state index in [0.29, 0.717) is 0 Å². The summed E-state index contributed by atoms with van der Waals surface area (Å²) in [6.45, 7) is 6.20. The maximum atomic E-state index is 12.1. The largest absolute Gasteiger partial charge is 0.332 e. The molecule has 1 aliphatic carbocycles. The average Bonchev–Trinajstić information content (AvgIpc) is 2.78. The van der Waals surface area contributed by atoms with E-state index >= 15 is 0 Å². The zero-order valence-corrected chi connectivity index (χ0v) is 9.75. The molecule has 2 fully saturated rings. The summed E-state index contributed by atoms with van der Waals surface area (Å²) in [6, 6.07) is -0.116. The molecule has 3 nitrogen and oxygen atoms in total. The summed E-state index contributed by atoms with van der Waals surface area (Å²) in [7, 11) is 0. The van der Waals surface area contributed by atoms with Gasteiger partial charge >= 0.3 is 0 Å². The molecule has 3 heteroatoms. The van der Waals surface area contributed by atoms with Crippen LogP contribution in [0.25, 0.3) is 0 Å². The van der Waals surface area contributed by atoms with Gasteiger partial charge in [0.15, 0.2) is 5.78 Å². The van der Waals surface area contributed by atoms with Crippen LogP contribution in [0.3, 0.4) is 0 Å². The van der Waals surface area contributed by atoms with Crippen LogP contribution in [0.5, 0.6) is 0 Å². The first-order chi connectivity index (χ1) is 6.98. The molecule has 15 heavy (non-hydrogen) atoms. The summed E-state index contributed by atoms with van der Waals surface area (Å²) in [5, 5.41) is 0. The fraction of sp³-hybridized carbons (Fsp3) is 0.833. The quantitative estimate of drug-likeness (QED) is 0.693. The highest BCUT2D eigenvalue weighted by Gasteiger charge is 2.58. The van der Waals surface area contributed by atoms with Gasteiger partial charge in [0, 0.05) is 19.4 Å². The van der Waals surface area contributed by atoms with Gasteiger partial charge in [-0.05, 0) is 24.7 Å². The van der Waals surface area contributed by atoms with Gasteiger partial charge < -0.3 is 4.90 Å². The van der Waals surface area contributed by atoms with Gasteiger partial charge in [-0.3, -0.25) is 9.59 Å². The molecular formula is C12H19NO2. The van der Waals surface area contributed by atoms with Gasteiger partial charge in [-0.1, -0.05) is 13.8 Å². The fourth-order valence-corrected chi connectivity index (χ4v) is 2.73. The Bertz CT molecular complexity index is 305. The lowest BCUT2D eigenvalue weighted by Crippen LogP contribution is -2.44. The van der Waals surface area contributed by atoms with Crippen LogP contribution >= 0.6 is 0 Å². The molecule has 1 atom stereocenters. The van der Waals surface area contributed by atoms with Crippen LogP contribution in [0.15, 0.2) is 0 Å². The molecule has 0 aromatic heterocycles. The van der Waals surface area contributed by atoms with Gasteiger partial charge in [-0.2, -0.15) is 0 Å². The van der Waals surface area contributed by atoms with Crippen LogP contribution in [0.1, 0.15) is 40.0 Å². The first-order valence-electron chi connectivity index (χ1n) is 5.79. The summed E-state index contributed by atoms with van der Waals surface area (Å²) < 4.78 is 0. The van der Waals surface area contributed by atoms with Gasteiger partial charge in [0.05, 0.1) is 6.04 Å². The number of likely N-dealkylation sites (tertiary alicyclic amines) is 1. The lowest BCUT2D eigenvalue weighted by atomic mass is 9.88. The van der Waals surface area contributed by atoms with Crippen LogP contribution < -0.4 is 0 Å². The second-order valence-electron chi connectivity index (χ2n) is 5.28. The minimum atomic E-state index is -0.116. The zero-order chi connectivity index (χ0) is 11.2. The molecule has 0 unspecified atom stereocenters. The molecule has 1 spiro atoms. The van der Waals surface area contributed by atoms with Gasteiger partial charge in [0.25, 0.3) is 0 Å². The summed E-state index contributed by atoms with van der Waals surface area (Å²) in [4.78, 5) is 25.4. The highest BCUT2D eigenvalue weighted by molar-refractivity contribution is 5.91. The summed E-state index contributed by atoms with van der Waals surface area (Å²) in [5.74, 6) is 0.338. The second-order valence-corrected chi connectivity index (χ2v) is 5.28. The minimum absolute atomic E-state index is 0.0347. The number of nitrogens with zero attached hydrogens (tertiary/aromatic N) is 1. The van der Waals surface area contributed by atoms with Crippen molar-refractivity contribution in [2.24, 2.45) is 11.3 Å². The van der Waals surface area contributed by atoms with E-state index in [-0.39, 0.29) is 29.1 Å². The van der Waals surface area contributed by atoms with Crippen LogP contribution in [0.4, 0.5) is 0 Å². The van der Waals surface area contributed by atoms with E-state index in [4.69, 9.17) is 0 Å². The number of Topliss-reactive ketones (excluding diaryl/α,β-unsaturated/α-hetero) is 1. The van der Waals surface area contributed by atoms with E-state index in [2.05, 4.69) is 0 Å². The molecule has 1 heterocycles. The Balaban J connectivity index is 2.23. The number of rotatable bonds is 2. The molecule has 1 saturated heterocycles. The molecule has 0 aromatic rings. The number of hydrogen-bond donors (Lipinski definition) is 0. The van der Waals surface area contributed by atoms with E-state index in [1.807, 2.05) is 13.8 Å². The van der Waals surface area contributed by atoms with Crippen molar-refractivity contribution in [3.8, 4) is 0 Å². The first kappa shape index (κ1) is 10.7. The standard InChI is InChI=1S/C12H19NO2/c1-8(2)10(15)11-12(4-5-12)6-7-13(11)9(3)14/h8,11H,4-7H2,1-3H3/t11-/m1/s1. The van der Waals surface area contributed by atoms with Gasteiger partial charge in [-0.25, -0.2) is 0 Å².